The van der Waals surface area contributed by atoms with E-state index in [2.05, 4.69) is 5.16 Å². The van der Waals surface area contributed by atoms with E-state index in [-0.39, 0.29) is 10.5 Å². The van der Waals surface area contributed by atoms with Crippen molar-refractivity contribution in [1.29, 1.82) is 0 Å². The number of hydrogen-bond acceptors (Lipinski definition) is 5. The Bertz CT molecular complexity index is 942. The second-order valence-electron chi connectivity index (χ2n) is 4.13. The molecule has 3 rings (SSSR count). The van der Waals surface area contributed by atoms with Crippen molar-refractivity contribution in [2.45, 2.75) is 4.90 Å². The van der Waals surface area contributed by atoms with Gasteiger partial charge in [0.2, 0.25) is 10.0 Å². The first-order valence-corrected chi connectivity index (χ1v) is 7.11. The molecule has 0 spiro atoms. The maximum Gasteiger partial charge on any atom is 0.256 e. The predicted molar refractivity (Wildman–Crippen MR) is 71.0 cm³/mol. The van der Waals surface area contributed by atoms with E-state index >= 15 is 0 Å². The molecule has 0 aliphatic carbocycles. The molecule has 8 heteroatoms. The average molecular weight is 291 g/mol. The molecule has 1 aromatic carbocycles. The summed E-state index contributed by atoms with van der Waals surface area (Å²) in [7, 11) is -3.79. The van der Waals surface area contributed by atoms with Gasteiger partial charge in [0, 0.05) is 17.5 Å². The van der Waals surface area contributed by atoms with Crippen LogP contribution in [0.3, 0.4) is 0 Å². The van der Waals surface area contributed by atoms with Crippen LogP contribution < -0.4 is 10.7 Å². The van der Waals surface area contributed by atoms with Crippen LogP contribution in [-0.2, 0) is 10.0 Å². The predicted octanol–water partition coefficient (Wildman–Crippen LogP) is 0.626. The van der Waals surface area contributed by atoms with Crippen molar-refractivity contribution in [3.63, 3.8) is 0 Å². The Morgan fingerprint density at radius 3 is 2.60 bits per heavy atom. The molecule has 0 aliphatic heterocycles. The fourth-order valence-electron chi connectivity index (χ4n) is 1.96. The molecule has 0 aliphatic rings. The van der Waals surface area contributed by atoms with Crippen molar-refractivity contribution in [3.05, 3.63) is 53.0 Å². The first kappa shape index (κ1) is 12.6. The molecule has 2 heterocycles. The number of nitrogens with zero attached hydrogens (tertiary/aromatic N) is 2. The average Bonchev–Trinajstić information content (AvgIpc) is 2.90. The fourth-order valence-corrected chi connectivity index (χ4v) is 2.51. The standard InChI is InChI=1S/C12H9N3O4S/c13-20(17,18)9-2-3-10-8(7-9)1-4-12(16)15(10)11-5-6-19-14-11/h1-7H,(H2,13,17,18). The maximum absolute atomic E-state index is 12.0. The molecule has 0 saturated carbocycles. The van der Waals surface area contributed by atoms with E-state index in [1.54, 1.807) is 0 Å². The SMILES string of the molecule is NS(=O)(=O)c1ccc2c(ccc(=O)n2-c2ccon2)c1. The van der Waals surface area contributed by atoms with Gasteiger partial charge in [-0.15, -0.1) is 0 Å². The number of aromatic nitrogens is 2. The molecule has 7 nitrogen and oxygen atoms in total. The molecule has 3 aromatic rings. The Kier molecular flexibility index (Phi) is 2.70. The number of fused-ring (bicyclic) bond motifs is 1. The van der Waals surface area contributed by atoms with Gasteiger partial charge in [0.15, 0.2) is 5.82 Å². The monoisotopic (exact) mass is 291 g/mol. The van der Waals surface area contributed by atoms with Gasteiger partial charge in [0.05, 0.1) is 10.4 Å². The number of sulfonamides is 1. The van der Waals surface area contributed by atoms with E-state index in [1.807, 2.05) is 0 Å². The zero-order valence-electron chi connectivity index (χ0n) is 10.1. The van der Waals surface area contributed by atoms with E-state index in [1.165, 1.54) is 47.2 Å². The molecule has 0 saturated heterocycles. The van der Waals surface area contributed by atoms with Gasteiger partial charge in [-0.1, -0.05) is 5.16 Å². The van der Waals surface area contributed by atoms with Crippen LogP contribution >= 0.6 is 0 Å². The molecule has 0 amide bonds. The highest BCUT2D eigenvalue weighted by atomic mass is 32.2. The summed E-state index contributed by atoms with van der Waals surface area (Å²) in [4.78, 5) is 11.9. The van der Waals surface area contributed by atoms with Crippen LogP contribution in [0.1, 0.15) is 0 Å². The zero-order valence-corrected chi connectivity index (χ0v) is 10.9. The van der Waals surface area contributed by atoms with Gasteiger partial charge in [0.1, 0.15) is 6.26 Å². The molecular weight excluding hydrogens is 282 g/mol. The van der Waals surface area contributed by atoms with Gasteiger partial charge in [-0.3, -0.25) is 9.36 Å². The smallest absolute Gasteiger partial charge is 0.256 e. The summed E-state index contributed by atoms with van der Waals surface area (Å²) < 4.78 is 28.7. The Balaban J connectivity index is 2.37. The van der Waals surface area contributed by atoms with Crippen molar-refractivity contribution >= 4 is 20.9 Å². The summed E-state index contributed by atoms with van der Waals surface area (Å²) >= 11 is 0. The van der Waals surface area contributed by atoms with E-state index < -0.39 is 10.0 Å². The van der Waals surface area contributed by atoms with Crippen LogP contribution in [0.4, 0.5) is 0 Å². The van der Waals surface area contributed by atoms with Crippen molar-refractivity contribution in [3.8, 4) is 5.82 Å². The van der Waals surface area contributed by atoms with Crippen LogP contribution in [0.5, 0.6) is 0 Å². The Morgan fingerprint density at radius 1 is 1.15 bits per heavy atom. The summed E-state index contributed by atoms with van der Waals surface area (Å²) in [5.41, 5.74) is 0.216. The third-order valence-corrected chi connectivity index (χ3v) is 3.76. The van der Waals surface area contributed by atoms with Crippen LogP contribution in [0.15, 0.2) is 56.9 Å². The minimum Gasteiger partial charge on any atom is -0.363 e. The van der Waals surface area contributed by atoms with Crippen LogP contribution in [0, 0.1) is 0 Å². The lowest BCUT2D eigenvalue weighted by atomic mass is 10.2. The Morgan fingerprint density at radius 2 is 1.95 bits per heavy atom. The van der Waals surface area contributed by atoms with Crippen LogP contribution in [0.2, 0.25) is 0 Å². The third kappa shape index (κ3) is 2.00. The fraction of sp³-hybridized carbons (Fsp3) is 0. The maximum atomic E-state index is 12.0. The molecule has 2 aromatic heterocycles. The number of primary sulfonamides is 1. The molecule has 2 N–H and O–H groups in total. The highest BCUT2D eigenvalue weighted by Gasteiger charge is 2.12. The van der Waals surface area contributed by atoms with E-state index in [0.717, 1.165) is 0 Å². The van der Waals surface area contributed by atoms with Crippen LogP contribution in [0.25, 0.3) is 16.7 Å². The Hall–Kier alpha value is -2.45. The van der Waals surface area contributed by atoms with E-state index in [4.69, 9.17) is 9.66 Å². The number of benzene rings is 1. The largest absolute Gasteiger partial charge is 0.363 e. The summed E-state index contributed by atoms with van der Waals surface area (Å²) in [5, 5.41) is 9.36. The molecule has 0 atom stereocenters. The topological polar surface area (TPSA) is 108 Å². The van der Waals surface area contributed by atoms with Crippen molar-refractivity contribution in [2.24, 2.45) is 5.14 Å². The van der Waals surface area contributed by atoms with Crippen molar-refractivity contribution in [1.82, 2.24) is 9.72 Å². The van der Waals surface area contributed by atoms with E-state index in [9.17, 15) is 13.2 Å². The summed E-state index contributed by atoms with van der Waals surface area (Å²) in [6, 6.07) is 8.64. The molecule has 0 bridgehead atoms. The third-order valence-electron chi connectivity index (χ3n) is 2.85. The molecule has 0 radical (unpaired) electrons. The number of hydrogen-bond donors (Lipinski definition) is 1. The van der Waals surface area contributed by atoms with Gasteiger partial charge in [-0.25, -0.2) is 13.6 Å². The number of rotatable bonds is 2. The van der Waals surface area contributed by atoms with Gasteiger partial charge < -0.3 is 4.52 Å². The second kappa shape index (κ2) is 4.29. The highest BCUT2D eigenvalue weighted by molar-refractivity contribution is 7.89. The van der Waals surface area contributed by atoms with Crippen LogP contribution in [-0.4, -0.2) is 18.1 Å². The highest BCUT2D eigenvalue weighted by Crippen LogP contribution is 2.19. The van der Waals surface area contributed by atoms with Gasteiger partial charge >= 0.3 is 0 Å². The lowest BCUT2D eigenvalue weighted by Crippen LogP contribution is -2.18. The summed E-state index contributed by atoms with van der Waals surface area (Å²) in [5.74, 6) is 0.323. The zero-order chi connectivity index (χ0) is 14.3. The normalized spacial score (nSPS) is 11.8. The molecule has 0 fully saturated rings. The van der Waals surface area contributed by atoms with Crippen molar-refractivity contribution in [2.75, 3.05) is 0 Å². The Labute approximate surface area is 113 Å². The quantitative estimate of drug-likeness (QED) is 0.744. The van der Waals surface area contributed by atoms with Gasteiger partial charge in [-0.05, 0) is 24.3 Å². The number of pyridine rings is 1. The minimum absolute atomic E-state index is 0.0182. The lowest BCUT2D eigenvalue weighted by Gasteiger charge is -2.07. The first-order chi connectivity index (χ1) is 9.47. The minimum atomic E-state index is -3.79. The van der Waals surface area contributed by atoms with E-state index in [0.29, 0.717) is 16.7 Å². The second-order valence-corrected chi connectivity index (χ2v) is 5.69. The van der Waals surface area contributed by atoms with Gasteiger partial charge in [-0.2, -0.15) is 0 Å². The number of nitrogens with two attached hydrogens (primary N) is 1. The first-order valence-electron chi connectivity index (χ1n) is 5.56. The molecule has 0 unspecified atom stereocenters. The lowest BCUT2D eigenvalue weighted by molar-refractivity contribution is 0.417. The summed E-state index contributed by atoms with van der Waals surface area (Å²) in [6.45, 7) is 0. The molecule has 102 valence electrons. The molecular formula is C12H9N3O4S. The van der Waals surface area contributed by atoms with Crippen molar-refractivity contribution < 1.29 is 12.9 Å². The van der Waals surface area contributed by atoms with Gasteiger partial charge in [0.25, 0.3) is 5.56 Å². The molecule has 20 heavy (non-hydrogen) atoms. The summed E-state index contributed by atoms with van der Waals surface area (Å²) in [6.07, 6.45) is 1.35.